The Morgan fingerprint density at radius 3 is 2.30 bits per heavy atom. The largest absolute Gasteiger partial charge is 0.508 e. The van der Waals surface area contributed by atoms with Gasteiger partial charge in [0, 0.05) is 37.2 Å². The Balaban J connectivity index is 1.66. The first-order valence-electron chi connectivity index (χ1n) is 9.40. The van der Waals surface area contributed by atoms with Crippen molar-refractivity contribution in [2.24, 2.45) is 0 Å². The van der Waals surface area contributed by atoms with Gasteiger partial charge in [0.05, 0.1) is 4.88 Å². The van der Waals surface area contributed by atoms with E-state index in [9.17, 15) is 9.90 Å². The number of phenols is 1. The molecule has 0 amide bonds. The minimum Gasteiger partial charge on any atom is -0.508 e. The van der Waals surface area contributed by atoms with Gasteiger partial charge in [-0.15, -0.1) is 22.7 Å². The van der Waals surface area contributed by atoms with Crippen LogP contribution in [0.5, 0.6) is 5.75 Å². The van der Waals surface area contributed by atoms with Gasteiger partial charge in [-0.25, -0.2) is 0 Å². The van der Waals surface area contributed by atoms with Crippen LogP contribution >= 0.6 is 22.7 Å². The second-order valence-electron chi connectivity index (χ2n) is 7.00. The van der Waals surface area contributed by atoms with Crippen LogP contribution in [-0.2, 0) is 0 Å². The second kappa shape index (κ2) is 7.44. The molecule has 5 heteroatoms. The molecule has 2 heterocycles. The van der Waals surface area contributed by atoms with Crippen molar-refractivity contribution in [3.8, 4) is 27.3 Å². The van der Waals surface area contributed by atoms with Gasteiger partial charge in [0.15, 0.2) is 0 Å². The molecule has 3 nitrogen and oxygen atoms in total. The lowest BCUT2D eigenvalue weighted by atomic mass is 9.97. The van der Waals surface area contributed by atoms with E-state index in [4.69, 9.17) is 5.73 Å². The summed E-state index contributed by atoms with van der Waals surface area (Å²) in [7, 11) is 0. The second-order valence-corrected chi connectivity index (χ2v) is 8.97. The average Bonchev–Trinajstić information content (AvgIpc) is 3.37. The van der Waals surface area contributed by atoms with Gasteiger partial charge in [-0.3, -0.25) is 4.79 Å². The van der Waals surface area contributed by atoms with Crippen molar-refractivity contribution in [3.63, 3.8) is 0 Å². The summed E-state index contributed by atoms with van der Waals surface area (Å²) < 4.78 is 0.888. The molecule has 0 fully saturated rings. The summed E-state index contributed by atoms with van der Waals surface area (Å²) in [6, 6.07) is 24.7. The molecule has 0 spiro atoms. The number of benzene rings is 3. The van der Waals surface area contributed by atoms with Crippen LogP contribution in [0, 0.1) is 0 Å². The summed E-state index contributed by atoms with van der Waals surface area (Å²) in [5, 5.41) is 12.8. The van der Waals surface area contributed by atoms with Crippen LogP contribution in [0.2, 0.25) is 0 Å². The Morgan fingerprint density at radius 1 is 0.867 bits per heavy atom. The number of thiophene rings is 2. The number of ketones is 1. The van der Waals surface area contributed by atoms with E-state index in [1.54, 1.807) is 23.5 Å². The monoisotopic (exact) mass is 427 g/mol. The number of phenolic OH excluding ortho intramolecular Hbond substituents is 1. The van der Waals surface area contributed by atoms with E-state index in [0.29, 0.717) is 10.4 Å². The average molecular weight is 428 g/mol. The van der Waals surface area contributed by atoms with Crippen LogP contribution in [0.1, 0.15) is 15.2 Å². The molecular formula is C25H17NO2S2. The summed E-state index contributed by atoms with van der Waals surface area (Å²) in [4.78, 5) is 15.1. The van der Waals surface area contributed by atoms with Crippen LogP contribution in [0.15, 0.2) is 84.2 Å². The number of carbonyl (C=O) groups excluding carboxylic acids is 1. The minimum absolute atomic E-state index is 0.0126. The maximum absolute atomic E-state index is 13.3. The van der Waals surface area contributed by atoms with Crippen LogP contribution in [-0.4, -0.2) is 10.9 Å². The number of carbonyl (C=O) groups is 1. The van der Waals surface area contributed by atoms with Crippen molar-refractivity contribution in [3.05, 3.63) is 94.7 Å². The van der Waals surface area contributed by atoms with E-state index < -0.39 is 0 Å². The summed E-state index contributed by atoms with van der Waals surface area (Å²) in [6.07, 6.45) is 0. The molecular weight excluding hydrogens is 410 g/mol. The fourth-order valence-corrected chi connectivity index (χ4v) is 5.58. The van der Waals surface area contributed by atoms with Crippen molar-refractivity contribution in [1.29, 1.82) is 0 Å². The fraction of sp³-hybridized carbons (Fsp3) is 0. The maximum atomic E-state index is 13.3. The Morgan fingerprint density at radius 2 is 1.60 bits per heavy atom. The molecule has 0 unspecified atom stereocenters. The summed E-state index contributed by atoms with van der Waals surface area (Å²) >= 11 is 3.03. The predicted octanol–water partition coefficient (Wildman–Crippen LogP) is 6.82. The Bertz CT molecular complexity index is 1370. The molecule has 5 aromatic rings. The van der Waals surface area contributed by atoms with Gasteiger partial charge in [-0.05, 0) is 35.4 Å². The summed E-state index contributed by atoms with van der Waals surface area (Å²) in [6.45, 7) is 0. The van der Waals surface area contributed by atoms with Crippen molar-refractivity contribution < 1.29 is 9.90 Å². The molecule has 0 atom stereocenters. The first-order chi connectivity index (χ1) is 14.6. The van der Waals surface area contributed by atoms with Gasteiger partial charge in [-0.2, -0.15) is 0 Å². The molecule has 0 bridgehead atoms. The number of rotatable bonds is 4. The Labute approximate surface area is 181 Å². The highest BCUT2D eigenvalue weighted by atomic mass is 32.1. The highest BCUT2D eigenvalue weighted by Gasteiger charge is 2.21. The standard InChI is InChI=1S/C25H17NO2S2/c26-18-12-21(29-14-18)15-6-8-16(9-7-15)23-20-11-10-19(27)13-22(20)30-25(23)24(28)17-4-2-1-3-5-17/h1-14,27H,26H2. The number of fused-ring (bicyclic) bond motifs is 1. The summed E-state index contributed by atoms with van der Waals surface area (Å²) in [5.41, 5.74) is 10.2. The van der Waals surface area contributed by atoms with E-state index in [0.717, 1.165) is 37.3 Å². The number of nitrogens with two attached hydrogens (primary N) is 1. The molecule has 3 aromatic carbocycles. The van der Waals surface area contributed by atoms with Crippen molar-refractivity contribution in [2.45, 2.75) is 0 Å². The number of aromatic hydroxyl groups is 1. The molecule has 0 aliphatic rings. The number of nitrogen functional groups attached to an aromatic ring is 1. The van der Waals surface area contributed by atoms with E-state index in [1.807, 2.05) is 60.0 Å². The zero-order chi connectivity index (χ0) is 20.7. The Kier molecular flexibility index (Phi) is 4.62. The first-order valence-corrected chi connectivity index (χ1v) is 11.1. The van der Waals surface area contributed by atoms with Crippen molar-refractivity contribution >= 4 is 44.2 Å². The molecule has 0 aliphatic carbocycles. The Hall–Kier alpha value is -3.41. The number of hydrogen-bond acceptors (Lipinski definition) is 5. The molecule has 30 heavy (non-hydrogen) atoms. The highest BCUT2D eigenvalue weighted by Crippen LogP contribution is 2.42. The van der Waals surface area contributed by atoms with Gasteiger partial charge < -0.3 is 10.8 Å². The molecule has 2 aromatic heterocycles. The van der Waals surface area contributed by atoms with Gasteiger partial charge in [0.1, 0.15) is 5.75 Å². The molecule has 0 aliphatic heterocycles. The van der Waals surface area contributed by atoms with Crippen LogP contribution in [0.3, 0.4) is 0 Å². The van der Waals surface area contributed by atoms with Gasteiger partial charge in [-0.1, -0.05) is 54.6 Å². The molecule has 5 rings (SSSR count). The van der Waals surface area contributed by atoms with E-state index in [1.165, 1.54) is 11.3 Å². The normalized spacial score (nSPS) is 11.1. The molecule has 3 N–H and O–H groups in total. The van der Waals surface area contributed by atoms with E-state index in [2.05, 4.69) is 12.1 Å². The van der Waals surface area contributed by atoms with Crippen molar-refractivity contribution in [1.82, 2.24) is 0 Å². The fourth-order valence-electron chi connectivity index (χ4n) is 3.56. The van der Waals surface area contributed by atoms with Crippen LogP contribution in [0.25, 0.3) is 31.7 Å². The summed E-state index contributed by atoms with van der Waals surface area (Å²) in [5.74, 6) is 0.182. The smallest absolute Gasteiger partial charge is 0.203 e. The first kappa shape index (κ1) is 18.6. The van der Waals surface area contributed by atoms with E-state index in [-0.39, 0.29) is 11.5 Å². The molecule has 0 saturated carbocycles. The van der Waals surface area contributed by atoms with E-state index >= 15 is 0 Å². The predicted molar refractivity (Wildman–Crippen MR) is 127 cm³/mol. The van der Waals surface area contributed by atoms with Gasteiger partial charge >= 0.3 is 0 Å². The lowest BCUT2D eigenvalue weighted by Gasteiger charge is -2.07. The lowest BCUT2D eigenvalue weighted by molar-refractivity contribution is 0.104. The quantitative estimate of drug-likeness (QED) is 0.310. The van der Waals surface area contributed by atoms with Gasteiger partial charge in [0.25, 0.3) is 0 Å². The SMILES string of the molecule is Nc1csc(-c2ccc(-c3c(C(=O)c4ccccc4)sc4cc(O)ccc34)cc2)c1. The molecule has 0 radical (unpaired) electrons. The van der Waals surface area contributed by atoms with Gasteiger partial charge in [0.2, 0.25) is 5.78 Å². The van der Waals surface area contributed by atoms with Crippen LogP contribution in [0.4, 0.5) is 5.69 Å². The topological polar surface area (TPSA) is 63.3 Å². The van der Waals surface area contributed by atoms with Crippen LogP contribution < -0.4 is 5.73 Å². The zero-order valence-corrected chi connectivity index (χ0v) is 17.5. The van der Waals surface area contributed by atoms with Crippen molar-refractivity contribution in [2.75, 3.05) is 5.73 Å². The maximum Gasteiger partial charge on any atom is 0.203 e. The zero-order valence-electron chi connectivity index (χ0n) is 15.8. The highest BCUT2D eigenvalue weighted by molar-refractivity contribution is 7.21. The third-order valence-electron chi connectivity index (χ3n) is 4.99. The lowest BCUT2D eigenvalue weighted by Crippen LogP contribution is -2.00. The third-order valence-corrected chi connectivity index (χ3v) is 7.14. The molecule has 0 saturated heterocycles. The minimum atomic E-state index is -0.0126. The molecule has 146 valence electrons. The number of anilines is 1. The number of hydrogen-bond donors (Lipinski definition) is 2. The third kappa shape index (κ3) is 3.28.